The molecule has 2 aliphatic rings. The summed E-state index contributed by atoms with van der Waals surface area (Å²) in [5.41, 5.74) is 1.76. The van der Waals surface area contributed by atoms with Crippen molar-refractivity contribution in [2.24, 2.45) is 0 Å². The molecule has 10 heteroatoms. The van der Waals surface area contributed by atoms with E-state index in [0.717, 1.165) is 11.1 Å². The van der Waals surface area contributed by atoms with Crippen molar-refractivity contribution in [3.63, 3.8) is 0 Å². The largest absolute Gasteiger partial charge is 0.457 e. The number of fused-ring (bicyclic) bond motifs is 5. The van der Waals surface area contributed by atoms with Crippen LogP contribution < -0.4 is 15.6 Å². The van der Waals surface area contributed by atoms with Crippen molar-refractivity contribution in [3.05, 3.63) is 93.9 Å². The Morgan fingerprint density at radius 1 is 0.952 bits per heavy atom. The summed E-state index contributed by atoms with van der Waals surface area (Å²) in [6.07, 6.45) is 1.87. The summed E-state index contributed by atoms with van der Waals surface area (Å²) in [5.74, 6) is 0.489. The van der Waals surface area contributed by atoms with Crippen molar-refractivity contribution in [2.75, 3.05) is 26.2 Å². The fourth-order valence-electron chi connectivity index (χ4n) is 5.38. The number of aromatic nitrogens is 1. The third-order valence-corrected chi connectivity index (χ3v) is 7.69. The fraction of sp³-hybridized carbons (Fsp3) is 0.375. The summed E-state index contributed by atoms with van der Waals surface area (Å²) in [7, 11) is 0. The van der Waals surface area contributed by atoms with E-state index in [-0.39, 0.29) is 55.5 Å². The van der Waals surface area contributed by atoms with Crippen molar-refractivity contribution in [1.82, 2.24) is 19.7 Å². The van der Waals surface area contributed by atoms with Crippen molar-refractivity contribution in [3.8, 4) is 11.5 Å². The van der Waals surface area contributed by atoms with Crippen LogP contribution in [0.2, 0.25) is 0 Å². The topological polar surface area (TPSA) is 110 Å². The first kappa shape index (κ1) is 29.1. The highest BCUT2D eigenvalue weighted by atomic mass is 16.5. The van der Waals surface area contributed by atoms with E-state index in [0.29, 0.717) is 43.1 Å². The minimum Gasteiger partial charge on any atom is -0.457 e. The van der Waals surface area contributed by atoms with Gasteiger partial charge in [-0.3, -0.25) is 19.2 Å². The number of carbonyl (C=O) groups is 3. The maximum absolute atomic E-state index is 13.4. The van der Waals surface area contributed by atoms with E-state index in [1.807, 2.05) is 62.4 Å². The van der Waals surface area contributed by atoms with Crippen molar-refractivity contribution < 1.29 is 23.9 Å². The second-order valence-electron chi connectivity index (χ2n) is 10.6. The molecule has 0 aliphatic carbocycles. The lowest BCUT2D eigenvalue weighted by Crippen LogP contribution is -2.58. The molecule has 220 valence electrons. The van der Waals surface area contributed by atoms with Crippen LogP contribution in [0.5, 0.6) is 11.5 Å². The molecule has 3 heterocycles. The average molecular weight is 573 g/mol. The number of aryl methyl sites for hydroxylation is 1. The Balaban J connectivity index is 1.39. The van der Waals surface area contributed by atoms with Crippen molar-refractivity contribution in [2.45, 2.75) is 52.0 Å². The molecule has 10 nitrogen and oxygen atoms in total. The minimum absolute atomic E-state index is 0.112. The van der Waals surface area contributed by atoms with Gasteiger partial charge in [-0.25, -0.2) is 0 Å². The number of hydrogen-bond acceptors (Lipinski definition) is 6. The highest BCUT2D eigenvalue weighted by molar-refractivity contribution is 5.94. The fourth-order valence-corrected chi connectivity index (χ4v) is 5.38. The van der Waals surface area contributed by atoms with Gasteiger partial charge in [0, 0.05) is 44.0 Å². The van der Waals surface area contributed by atoms with Gasteiger partial charge in [-0.2, -0.15) is 0 Å². The summed E-state index contributed by atoms with van der Waals surface area (Å²) < 4.78 is 13.9. The Hall–Kier alpha value is -4.44. The zero-order valence-electron chi connectivity index (χ0n) is 24.0. The molecule has 42 heavy (non-hydrogen) atoms. The number of piperidine rings is 1. The van der Waals surface area contributed by atoms with Crippen LogP contribution in [0.25, 0.3) is 0 Å². The molecule has 1 saturated heterocycles. The van der Waals surface area contributed by atoms with Gasteiger partial charge in [0.2, 0.25) is 11.8 Å². The van der Waals surface area contributed by atoms with E-state index in [9.17, 15) is 19.2 Å². The molecule has 5 rings (SSSR count). The Morgan fingerprint density at radius 2 is 1.69 bits per heavy atom. The molecule has 3 aromatic rings. The number of hydrogen-bond donors (Lipinski definition) is 1. The lowest BCUT2D eigenvalue weighted by Gasteiger charge is -2.39. The standard InChI is InChI=1S/C32H36N4O6/c1-3-34-13-11-24(18-31(34)39)32(40)36-14-12-28-27(19-36)33-29(37)20-35(4-2)30(38)17-22-7-5-9-25(15-22)42-26-10-6-8-23(16-26)21-41-28/h5-11,13,15-16,18,27-28H,3-4,12,14,17,19-21H2,1-2H3,(H,33,37)/t27-,28-/m0/s1. The van der Waals surface area contributed by atoms with Crippen LogP contribution in [0.3, 0.4) is 0 Å². The van der Waals surface area contributed by atoms with Crippen molar-refractivity contribution in [1.29, 1.82) is 0 Å². The number of amides is 3. The van der Waals surface area contributed by atoms with Crippen LogP contribution in [0.1, 0.15) is 41.8 Å². The molecule has 1 aromatic heterocycles. The normalized spacial score (nSPS) is 19.8. The zero-order chi connectivity index (χ0) is 29.6. The van der Waals surface area contributed by atoms with Gasteiger partial charge < -0.3 is 29.2 Å². The van der Waals surface area contributed by atoms with Crippen LogP contribution in [-0.4, -0.2) is 70.4 Å². The first-order valence-corrected chi connectivity index (χ1v) is 14.4. The van der Waals surface area contributed by atoms with Crippen LogP contribution in [0.4, 0.5) is 0 Å². The summed E-state index contributed by atoms with van der Waals surface area (Å²) in [5, 5.41) is 3.03. The molecule has 2 aliphatic heterocycles. The Bertz CT molecular complexity index is 1520. The Morgan fingerprint density at radius 3 is 2.40 bits per heavy atom. The number of benzene rings is 2. The molecular formula is C32H36N4O6. The van der Waals surface area contributed by atoms with Gasteiger partial charge in [-0.05, 0) is 61.7 Å². The molecule has 0 spiro atoms. The molecular weight excluding hydrogens is 536 g/mol. The number of carbonyl (C=O) groups excluding carboxylic acids is 3. The second-order valence-corrected chi connectivity index (χ2v) is 10.6. The number of nitrogens with one attached hydrogen (secondary N) is 1. The zero-order valence-corrected chi connectivity index (χ0v) is 24.0. The first-order chi connectivity index (χ1) is 20.3. The molecule has 1 N–H and O–H groups in total. The van der Waals surface area contributed by atoms with Gasteiger partial charge in [0.05, 0.1) is 31.7 Å². The molecule has 0 radical (unpaired) electrons. The number of likely N-dealkylation sites (N-methyl/N-ethyl adjacent to an activating group) is 1. The van der Waals surface area contributed by atoms with E-state index in [1.165, 1.54) is 15.5 Å². The maximum Gasteiger partial charge on any atom is 0.254 e. The molecule has 4 bridgehead atoms. The number of likely N-dealkylation sites (tertiary alicyclic amines) is 1. The van der Waals surface area contributed by atoms with Gasteiger partial charge in [0.15, 0.2) is 0 Å². The van der Waals surface area contributed by atoms with E-state index in [4.69, 9.17) is 9.47 Å². The predicted molar refractivity (Wildman–Crippen MR) is 156 cm³/mol. The highest BCUT2D eigenvalue weighted by Crippen LogP contribution is 2.25. The molecule has 0 saturated carbocycles. The quantitative estimate of drug-likeness (QED) is 0.517. The molecule has 0 unspecified atom stereocenters. The number of rotatable bonds is 3. The van der Waals surface area contributed by atoms with E-state index in [1.54, 1.807) is 17.2 Å². The smallest absolute Gasteiger partial charge is 0.254 e. The number of nitrogens with zero attached hydrogens (tertiary/aromatic N) is 3. The number of ether oxygens (including phenoxy) is 2. The lowest BCUT2D eigenvalue weighted by molar-refractivity contribution is -0.136. The average Bonchev–Trinajstić information content (AvgIpc) is 2.98. The Labute approximate surface area is 244 Å². The van der Waals surface area contributed by atoms with Crippen LogP contribution in [0.15, 0.2) is 71.7 Å². The van der Waals surface area contributed by atoms with E-state index < -0.39 is 6.04 Å². The van der Waals surface area contributed by atoms with Crippen LogP contribution >= 0.6 is 0 Å². The monoisotopic (exact) mass is 572 g/mol. The van der Waals surface area contributed by atoms with Crippen LogP contribution in [0, 0.1) is 0 Å². The van der Waals surface area contributed by atoms with E-state index >= 15 is 0 Å². The SMILES string of the molecule is CCN1CC(=O)N[C@H]2CN(C(=O)c3ccn(CC)c(=O)c3)CC[C@@H]2OCc2cccc(c2)Oc2cccc(c2)CC1=O. The Kier molecular flexibility index (Phi) is 9.02. The van der Waals surface area contributed by atoms with Crippen LogP contribution in [-0.2, 0) is 33.9 Å². The second kappa shape index (κ2) is 13.0. The predicted octanol–water partition coefficient (Wildman–Crippen LogP) is 2.98. The van der Waals surface area contributed by atoms with Gasteiger partial charge in [0.25, 0.3) is 11.5 Å². The molecule has 2 aromatic carbocycles. The summed E-state index contributed by atoms with van der Waals surface area (Å²) in [6.45, 7) is 5.37. The van der Waals surface area contributed by atoms with E-state index in [2.05, 4.69) is 5.32 Å². The number of pyridine rings is 1. The third-order valence-electron chi connectivity index (χ3n) is 7.69. The van der Waals surface area contributed by atoms with Gasteiger partial charge >= 0.3 is 0 Å². The summed E-state index contributed by atoms with van der Waals surface area (Å²) in [6, 6.07) is 17.5. The molecule has 1 fully saturated rings. The van der Waals surface area contributed by atoms with Gasteiger partial charge in [-0.1, -0.05) is 24.3 Å². The maximum atomic E-state index is 13.4. The minimum atomic E-state index is -0.509. The highest BCUT2D eigenvalue weighted by Gasteiger charge is 2.34. The summed E-state index contributed by atoms with van der Waals surface area (Å²) >= 11 is 0. The molecule has 3 amide bonds. The van der Waals surface area contributed by atoms with Crippen molar-refractivity contribution >= 4 is 17.7 Å². The first-order valence-electron chi connectivity index (χ1n) is 14.4. The molecule has 2 atom stereocenters. The van der Waals surface area contributed by atoms with Gasteiger partial charge in [0.1, 0.15) is 11.5 Å². The summed E-state index contributed by atoms with van der Waals surface area (Å²) in [4.78, 5) is 55.3. The van der Waals surface area contributed by atoms with Gasteiger partial charge in [-0.15, -0.1) is 0 Å². The third kappa shape index (κ3) is 6.88. The lowest BCUT2D eigenvalue weighted by atomic mass is 10.0.